The van der Waals surface area contributed by atoms with Gasteiger partial charge >= 0.3 is 23.9 Å². The molecular weight excluding hydrogens is 819 g/mol. The smallest absolute Gasteiger partial charge is 0.312 e. The Morgan fingerprint density at radius 2 is 0.831 bits per heavy atom. The van der Waals surface area contributed by atoms with E-state index in [2.05, 4.69) is 49.3 Å². The molecule has 3 saturated heterocycles. The third-order valence-corrected chi connectivity index (χ3v) is 18.2. The van der Waals surface area contributed by atoms with Crippen molar-refractivity contribution in [2.45, 2.75) is 258 Å². The lowest BCUT2D eigenvalue weighted by Crippen LogP contribution is -2.73. The lowest BCUT2D eigenvalue weighted by atomic mass is 9.40. The van der Waals surface area contributed by atoms with E-state index in [1.165, 1.54) is 64.2 Å². The Bertz CT molecular complexity index is 1550. The van der Waals surface area contributed by atoms with E-state index in [1.54, 1.807) is 0 Å². The van der Waals surface area contributed by atoms with Crippen molar-refractivity contribution in [3.05, 3.63) is 0 Å². The third kappa shape index (κ3) is 12.5. The number of carbonyl (C=O) groups excluding carboxylic acids is 1. The number of rotatable bonds is 25. The Morgan fingerprint density at radius 3 is 1.15 bits per heavy atom. The van der Waals surface area contributed by atoms with E-state index in [1.807, 2.05) is 76.5 Å². The lowest BCUT2D eigenvalue weighted by Gasteiger charge is -2.65. The molecule has 0 bridgehead atoms. The highest BCUT2D eigenvalue weighted by Gasteiger charge is 2.76. The number of piperidine rings is 3. The average Bonchev–Trinajstić information content (AvgIpc) is 3.16. The normalized spacial score (nSPS) is 25.0. The zero-order valence-corrected chi connectivity index (χ0v) is 44.6. The van der Waals surface area contributed by atoms with Gasteiger partial charge in [-0.15, -0.1) is 0 Å². The van der Waals surface area contributed by atoms with Crippen molar-refractivity contribution in [1.29, 1.82) is 0 Å². The number of esters is 1. The second kappa shape index (κ2) is 22.0. The van der Waals surface area contributed by atoms with Gasteiger partial charge in [-0.1, -0.05) is 90.4 Å². The molecule has 3 aliphatic rings. The SMILES string of the molecule is CCCCCCCCCCCCCCCCOC(=O)C[C@](C(=O)O)(C1CC(C)(C)N(C)C(C)(C)C1)[C@@](C(=O)O)(C1CC(C)(C)N(C)C(C)(C)C1)[C@@H](C(=O)O)C1CC(C)(C)N(C)C(C)(C)C1. The number of likely N-dealkylation sites (tertiary alicyclic amines) is 3. The number of nitrogens with zero attached hydrogens (tertiary/aromatic N) is 3. The number of aliphatic carboxylic acids is 3. The third-order valence-electron chi connectivity index (χ3n) is 18.2. The first kappa shape index (κ1) is 57.1. The molecule has 0 radical (unpaired) electrons. The van der Waals surface area contributed by atoms with Crippen LogP contribution in [0.25, 0.3) is 0 Å². The quantitative estimate of drug-likeness (QED) is 0.0594. The van der Waals surface area contributed by atoms with Crippen LogP contribution in [-0.4, -0.2) is 115 Å². The van der Waals surface area contributed by atoms with E-state index >= 15 is 9.59 Å². The first-order chi connectivity index (χ1) is 29.8. The first-order valence-electron chi connectivity index (χ1n) is 25.9. The monoisotopic (exact) mass is 918 g/mol. The van der Waals surface area contributed by atoms with Crippen LogP contribution in [0.4, 0.5) is 0 Å². The summed E-state index contributed by atoms with van der Waals surface area (Å²) in [5, 5.41) is 36.8. The number of carboxylic acid groups (broad SMARTS) is 3. The van der Waals surface area contributed by atoms with E-state index in [0.29, 0.717) is 19.3 Å². The van der Waals surface area contributed by atoms with Gasteiger partial charge in [0.05, 0.1) is 24.4 Å². The minimum absolute atomic E-state index is 0.102. The predicted molar refractivity (Wildman–Crippen MR) is 263 cm³/mol. The Morgan fingerprint density at radius 1 is 0.508 bits per heavy atom. The molecule has 0 amide bonds. The molecule has 65 heavy (non-hydrogen) atoms. The van der Waals surface area contributed by atoms with Crippen LogP contribution in [0.3, 0.4) is 0 Å². The Kier molecular flexibility index (Phi) is 19.3. The maximum Gasteiger partial charge on any atom is 0.312 e. The number of carbonyl (C=O) groups is 4. The zero-order valence-electron chi connectivity index (χ0n) is 44.6. The molecule has 0 aromatic carbocycles. The average molecular weight is 918 g/mol. The maximum atomic E-state index is 15.4. The number of hydrogen-bond acceptors (Lipinski definition) is 8. The molecule has 0 spiro atoms. The molecule has 0 aromatic rings. The molecular formula is C54H99N3O8. The second-order valence-corrected chi connectivity index (χ2v) is 25.2. The summed E-state index contributed by atoms with van der Waals surface area (Å²) in [6.45, 7) is 26.9. The van der Waals surface area contributed by atoms with E-state index in [-0.39, 0.29) is 32.3 Å². The van der Waals surface area contributed by atoms with Crippen molar-refractivity contribution >= 4 is 23.9 Å². The molecule has 3 fully saturated rings. The number of ether oxygens (including phenoxy) is 1. The molecule has 3 atom stereocenters. The van der Waals surface area contributed by atoms with Crippen molar-refractivity contribution in [2.24, 2.45) is 34.5 Å². The van der Waals surface area contributed by atoms with Gasteiger partial charge in [0.25, 0.3) is 0 Å². The van der Waals surface area contributed by atoms with Gasteiger partial charge in [-0.2, -0.15) is 0 Å². The fourth-order valence-corrected chi connectivity index (χ4v) is 14.1. The van der Waals surface area contributed by atoms with Crippen molar-refractivity contribution in [1.82, 2.24) is 14.7 Å². The summed E-state index contributed by atoms with van der Waals surface area (Å²) in [4.78, 5) is 66.6. The summed E-state index contributed by atoms with van der Waals surface area (Å²) in [6, 6.07) is 0. The van der Waals surface area contributed by atoms with Gasteiger partial charge in [-0.3, -0.25) is 33.9 Å². The Labute approximate surface area is 396 Å². The minimum atomic E-state index is -2.42. The summed E-state index contributed by atoms with van der Waals surface area (Å²) in [5.74, 6) is -9.07. The molecule has 0 aliphatic carbocycles. The van der Waals surface area contributed by atoms with Crippen LogP contribution in [0.15, 0.2) is 0 Å². The molecule has 11 heteroatoms. The fraction of sp³-hybridized carbons (Fsp3) is 0.926. The van der Waals surface area contributed by atoms with Gasteiger partial charge in [0.1, 0.15) is 5.41 Å². The highest BCUT2D eigenvalue weighted by atomic mass is 16.5. The summed E-state index contributed by atoms with van der Waals surface area (Å²) in [6.07, 6.45) is 17.5. The zero-order chi connectivity index (χ0) is 49.6. The maximum absolute atomic E-state index is 15.4. The minimum Gasteiger partial charge on any atom is -0.481 e. The molecule has 3 aliphatic heterocycles. The molecule has 378 valence electrons. The van der Waals surface area contributed by atoms with E-state index in [4.69, 9.17) is 4.74 Å². The van der Waals surface area contributed by atoms with Gasteiger partial charge in [0.15, 0.2) is 0 Å². The van der Waals surface area contributed by atoms with Gasteiger partial charge in [-0.05, 0) is 167 Å². The van der Waals surface area contributed by atoms with Crippen LogP contribution in [0.5, 0.6) is 0 Å². The van der Waals surface area contributed by atoms with Crippen LogP contribution >= 0.6 is 0 Å². The van der Waals surface area contributed by atoms with Crippen molar-refractivity contribution < 1.29 is 39.2 Å². The number of unbranched alkanes of at least 4 members (excludes halogenated alkanes) is 13. The van der Waals surface area contributed by atoms with Crippen molar-refractivity contribution in [3.63, 3.8) is 0 Å². The van der Waals surface area contributed by atoms with Crippen molar-refractivity contribution in [2.75, 3.05) is 27.7 Å². The molecule has 0 aromatic heterocycles. The topological polar surface area (TPSA) is 148 Å². The van der Waals surface area contributed by atoms with E-state index in [9.17, 15) is 24.9 Å². The van der Waals surface area contributed by atoms with Gasteiger partial charge < -0.3 is 20.1 Å². The molecule has 0 unspecified atom stereocenters. The molecule has 11 nitrogen and oxygen atoms in total. The first-order valence-corrected chi connectivity index (χ1v) is 25.9. The van der Waals surface area contributed by atoms with E-state index in [0.717, 1.165) is 19.3 Å². The van der Waals surface area contributed by atoms with Gasteiger partial charge in [-0.25, -0.2) is 0 Å². The van der Waals surface area contributed by atoms with Gasteiger partial charge in [0.2, 0.25) is 0 Å². The largest absolute Gasteiger partial charge is 0.481 e. The van der Waals surface area contributed by atoms with Crippen LogP contribution < -0.4 is 0 Å². The summed E-state index contributed by atoms with van der Waals surface area (Å²) in [7, 11) is 6.05. The molecule has 3 rings (SSSR count). The Balaban J connectivity index is 2.17. The predicted octanol–water partition coefficient (Wildman–Crippen LogP) is 11.9. The summed E-state index contributed by atoms with van der Waals surface area (Å²) >= 11 is 0. The van der Waals surface area contributed by atoms with Crippen molar-refractivity contribution in [3.8, 4) is 0 Å². The molecule has 0 saturated carbocycles. The number of carboxylic acids is 3. The van der Waals surface area contributed by atoms with E-state index < -0.39 is 98.0 Å². The highest BCUT2D eigenvalue weighted by Crippen LogP contribution is 2.68. The summed E-state index contributed by atoms with van der Waals surface area (Å²) in [5.41, 5.74) is -8.34. The number of hydrogen-bond donors (Lipinski definition) is 3. The van der Waals surface area contributed by atoms with Gasteiger partial charge in [0, 0.05) is 33.2 Å². The fourth-order valence-electron chi connectivity index (χ4n) is 14.1. The molecule has 3 heterocycles. The highest BCUT2D eigenvalue weighted by molar-refractivity contribution is 5.94. The van der Waals surface area contributed by atoms with Crippen LogP contribution in [0, 0.1) is 34.5 Å². The van der Waals surface area contributed by atoms with Crippen LogP contribution in [-0.2, 0) is 23.9 Å². The second-order valence-electron chi connectivity index (χ2n) is 25.2. The van der Waals surface area contributed by atoms with Crippen LogP contribution in [0.2, 0.25) is 0 Å². The lowest BCUT2D eigenvalue weighted by molar-refractivity contribution is -0.230. The Hall–Kier alpha value is -2.24. The van der Waals surface area contributed by atoms with Crippen LogP contribution in [0.1, 0.15) is 225 Å². The standard InChI is InChI=1S/C54H99N3O8/c1-17-18-19-20-21-22-23-24-25-26-27-28-29-30-31-65-42(58)38-53(45(61)62,40-34-49(6,7)56(15)50(8,9)35-40)54(46(63)64,41-36-51(10,11)57(16)52(12,13)37-41)43(44(59)60)39-32-47(2,3)55(14)48(4,5)33-39/h39-41,43H,17-38H2,1-16H3,(H,59,60)(H,61,62)(H,63,64)/t43-,53-,54+/m1/s1. The summed E-state index contributed by atoms with van der Waals surface area (Å²) < 4.78 is 6.03. The molecule has 3 N–H and O–H groups in total.